The average molecular weight is 244 g/mol. The first-order valence-electron chi connectivity index (χ1n) is 6.10. The van der Waals surface area contributed by atoms with E-state index in [1.165, 1.54) is 12.8 Å². The molecule has 0 saturated heterocycles. The number of carbonyl (C=O) groups excluding carboxylic acids is 2. The average Bonchev–Trinajstić information content (AvgIpc) is 3.08. The Morgan fingerprint density at radius 1 is 1.12 bits per heavy atom. The Morgan fingerprint density at radius 3 is 2.06 bits per heavy atom. The number of hydrogen-bond donors (Lipinski definition) is 0. The molecule has 98 valence electrons. The zero-order valence-electron chi connectivity index (χ0n) is 10.4. The van der Waals surface area contributed by atoms with Crippen molar-refractivity contribution in [1.82, 2.24) is 0 Å². The summed E-state index contributed by atoms with van der Waals surface area (Å²) in [5.41, 5.74) is 0. The van der Waals surface area contributed by atoms with Gasteiger partial charge in [-0.1, -0.05) is 0 Å². The summed E-state index contributed by atoms with van der Waals surface area (Å²) < 4.78 is 15.0. The van der Waals surface area contributed by atoms with Crippen molar-refractivity contribution in [2.45, 2.75) is 26.7 Å². The molecule has 0 spiro atoms. The summed E-state index contributed by atoms with van der Waals surface area (Å²) in [7, 11) is 0. The van der Waals surface area contributed by atoms with Crippen LogP contribution in [0.15, 0.2) is 0 Å². The summed E-state index contributed by atoms with van der Waals surface area (Å²) in [6.07, 6.45) is 2.34. The molecule has 5 nitrogen and oxygen atoms in total. The molecule has 0 radical (unpaired) electrons. The SMILES string of the molecule is CCOC(=O)C(COCC1CC1)C(=O)OCC. The third-order valence-electron chi connectivity index (χ3n) is 2.48. The Kier molecular flexibility index (Phi) is 5.97. The summed E-state index contributed by atoms with van der Waals surface area (Å²) in [4.78, 5) is 23.1. The first-order valence-corrected chi connectivity index (χ1v) is 6.10. The maximum Gasteiger partial charge on any atom is 0.322 e. The molecule has 1 saturated carbocycles. The van der Waals surface area contributed by atoms with E-state index in [-0.39, 0.29) is 19.8 Å². The Bertz CT molecular complexity index is 242. The molecule has 0 bridgehead atoms. The number of ether oxygens (including phenoxy) is 3. The van der Waals surface area contributed by atoms with Gasteiger partial charge >= 0.3 is 11.9 Å². The van der Waals surface area contributed by atoms with E-state index in [4.69, 9.17) is 14.2 Å². The predicted molar refractivity (Wildman–Crippen MR) is 60.3 cm³/mol. The molecule has 1 aliphatic carbocycles. The minimum atomic E-state index is -0.950. The molecule has 0 unspecified atom stereocenters. The summed E-state index contributed by atoms with van der Waals surface area (Å²) in [5.74, 6) is -1.49. The highest BCUT2D eigenvalue weighted by atomic mass is 16.6. The van der Waals surface area contributed by atoms with Crippen molar-refractivity contribution in [2.75, 3.05) is 26.4 Å². The fourth-order valence-electron chi connectivity index (χ4n) is 1.36. The summed E-state index contributed by atoms with van der Waals surface area (Å²) in [5, 5.41) is 0. The van der Waals surface area contributed by atoms with Crippen molar-refractivity contribution in [3.63, 3.8) is 0 Å². The van der Waals surface area contributed by atoms with Crippen LogP contribution in [0, 0.1) is 11.8 Å². The highest BCUT2D eigenvalue weighted by molar-refractivity contribution is 5.95. The molecule has 1 rings (SSSR count). The molecule has 0 amide bonds. The number of hydrogen-bond acceptors (Lipinski definition) is 5. The fourth-order valence-corrected chi connectivity index (χ4v) is 1.36. The molecule has 1 aliphatic rings. The van der Waals surface area contributed by atoms with E-state index in [2.05, 4.69) is 0 Å². The normalized spacial score (nSPS) is 14.8. The van der Waals surface area contributed by atoms with Crippen molar-refractivity contribution >= 4 is 11.9 Å². The van der Waals surface area contributed by atoms with E-state index in [0.717, 1.165) is 0 Å². The molecule has 0 aromatic carbocycles. The van der Waals surface area contributed by atoms with Gasteiger partial charge in [0.15, 0.2) is 5.92 Å². The first kappa shape index (κ1) is 14.0. The van der Waals surface area contributed by atoms with Gasteiger partial charge in [-0.05, 0) is 32.6 Å². The molecule has 0 atom stereocenters. The third kappa shape index (κ3) is 5.17. The fraction of sp³-hybridized carbons (Fsp3) is 0.833. The standard InChI is InChI=1S/C12H20O5/c1-3-16-11(13)10(12(14)17-4-2)8-15-7-9-5-6-9/h9-10H,3-8H2,1-2H3. The van der Waals surface area contributed by atoms with Crippen LogP contribution in [-0.2, 0) is 23.8 Å². The smallest absolute Gasteiger partial charge is 0.322 e. The molecule has 0 aromatic heterocycles. The first-order chi connectivity index (χ1) is 8.19. The molecule has 0 N–H and O–H groups in total. The molecule has 0 aromatic rings. The van der Waals surface area contributed by atoms with Gasteiger partial charge in [0.05, 0.1) is 19.8 Å². The number of carbonyl (C=O) groups is 2. The van der Waals surface area contributed by atoms with Crippen LogP contribution in [-0.4, -0.2) is 38.4 Å². The Labute approximate surface area is 101 Å². The lowest BCUT2D eigenvalue weighted by molar-refractivity contribution is -0.164. The van der Waals surface area contributed by atoms with E-state index >= 15 is 0 Å². The van der Waals surface area contributed by atoms with Crippen LogP contribution >= 0.6 is 0 Å². The van der Waals surface area contributed by atoms with Crippen LogP contribution in [0.4, 0.5) is 0 Å². The molecule has 17 heavy (non-hydrogen) atoms. The van der Waals surface area contributed by atoms with Crippen LogP contribution in [0.5, 0.6) is 0 Å². The largest absolute Gasteiger partial charge is 0.465 e. The maximum absolute atomic E-state index is 11.5. The van der Waals surface area contributed by atoms with E-state index in [1.807, 2.05) is 0 Å². The molecular formula is C12H20O5. The summed E-state index contributed by atoms with van der Waals surface area (Å²) in [6, 6.07) is 0. The molecule has 1 fully saturated rings. The van der Waals surface area contributed by atoms with E-state index in [0.29, 0.717) is 12.5 Å². The van der Waals surface area contributed by atoms with Gasteiger partial charge in [-0.3, -0.25) is 9.59 Å². The van der Waals surface area contributed by atoms with Crippen LogP contribution in [0.25, 0.3) is 0 Å². The van der Waals surface area contributed by atoms with Crippen LogP contribution < -0.4 is 0 Å². The molecule has 0 aliphatic heterocycles. The minimum Gasteiger partial charge on any atom is -0.465 e. The summed E-state index contributed by atoms with van der Waals surface area (Å²) >= 11 is 0. The quantitative estimate of drug-likeness (QED) is 0.473. The maximum atomic E-state index is 11.5. The highest BCUT2D eigenvalue weighted by Crippen LogP contribution is 2.28. The topological polar surface area (TPSA) is 61.8 Å². The van der Waals surface area contributed by atoms with Gasteiger partial charge in [0.1, 0.15) is 0 Å². The van der Waals surface area contributed by atoms with Crippen molar-refractivity contribution in [3.05, 3.63) is 0 Å². The summed E-state index contributed by atoms with van der Waals surface area (Å²) in [6.45, 7) is 4.55. The second-order valence-electron chi connectivity index (χ2n) is 4.04. The van der Waals surface area contributed by atoms with Crippen molar-refractivity contribution in [3.8, 4) is 0 Å². The van der Waals surface area contributed by atoms with Gasteiger partial charge in [-0.25, -0.2) is 0 Å². The number of rotatable bonds is 8. The van der Waals surface area contributed by atoms with E-state index < -0.39 is 17.9 Å². The van der Waals surface area contributed by atoms with Crippen molar-refractivity contribution in [2.24, 2.45) is 11.8 Å². The van der Waals surface area contributed by atoms with E-state index in [1.54, 1.807) is 13.8 Å². The van der Waals surface area contributed by atoms with Gasteiger partial charge in [0, 0.05) is 6.61 Å². The van der Waals surface area contributed by atoms with Crippen molar-refractivity contribution in [1.29, 1.82) is 0 Å². The molecule has 0 heterocycles. The van der Waals surface area contributed by atoms with Crippen LogP contribution in [0.1, 0.15) is 26.7 Å². The zero-order chi connectivity index (χ0) is 12.7. The van der Waals surface area contributed by atoms with Crippen LogP contribution in [0.2, 0.25) is 0 Å². The van der Waals surface area contributed by atoms with Gasteiger partial charge in [0.25, 0.3) is 0 Å². The molecular weight excluding hydrogens is 224 g/mol. The van der Waals surface area contributed by atoms with E-state index in [9.17, 15) is 9.59 Å². The highest BCUT2D eigenvalue weighted by Gasteiger charge is 2.31. The Hall–Kier alpha value is -1.10. The van der Waals surface area contributed by atoms with Gasteiger partial charge in [0.2, 0.25) is 0 Å². The lowest BCUT2D eigenvalue weighted by Gasteiger charge is -2.14. The Morgan fingerprint density at radius 2 is 1.65 bits per heavy atom. The molecule has 5 heteroatoms. The minimum absolute atomic E-state index is 0.0498. The van der Waals surface area contributed by atoms with Crippen molar-refractivity contribution < 1.29 is 23.8 Å². The lowest BCUT2D eigenvalue weighted by atomic mass is 10.1. The van der Waals surface area contributed by atoms with Gasteiger partial charge < -0.3 is 14.2 Å². The Balaban J connectivity index is 2.38. The lowest BCUT2D eigenvalue weighted by Crippen LogP contribution is -2.32. The monoisotopic (exact) mass is 244 g/mol. The van der Waals surface area contributed by atoms with Crippen LogP contribution in [0.3, 0.4) is 0 Å². The van der Waals surface area contributed by atoms with Gasteiger partial charge in [-0.15, -0.1) is 0 Å². The second-order valence-corrected chi connectivity index (χ2v) is 4.04. The zero-order valence-corrected chi connectivity index (χ0v) is 10.4. The van der Waals surface area contributed by atoms with Gasteiger partial charge in [-0.2, -0.15) is 0 Å². The third-order valence-corrected chi connectivity index (χ3v) is 2.48. The number of esters is 2. The predicted octanol–water partition coefficient (Wildman–Crippen LogP) is 1.16. The second kappa shape index (κ2) is 7.27.